The quantitative estimate of drug-likeness (QED) is 0.877. The van der Waals surface area contributed by atoms with Crippen molar-refractivity contribution in [3.8, 4) is 11.5 Å². The average Bonchev–Trinajstić information content (AvgIpc) is 2.77. The fourth-order valence-electron chi connectivity index (χ4n) is 1.27. The van der Waals surface area contributed by atoms with Gasteiger partial charge in [0.2, 0.25) is 5.89 Å². The zero-order valence-electron chi connectivity index (χ0n) is 9.19. The monoisotopic (exact) mass is 268 g/mol. The minimum Gasteiger partial charge on any atom is -0.474 e. The molecule has 18 heavy (non-hydrogen) atoms. The Morgan fingerprint density at radius 3 is 2.28 bits per heavy atom. The molecule has 0 aliphatic carbocycles. The number of benzene rings is 1. The normalized spacial score (nSPS) is 11.4. The highest BCUT2D eigenvalue weighted by molar-refractivity contribution is 7.90. The molecule has 0 spiro atoms. The van der Waals surface area contributed by atoms with E-state index in [2.05, 4.69) is 10.2 Å². The van der Waals surface area contributed by atoms with Crippen LogP contribution in [-0.4, -0.2) is 35.9 Å². The van der Waals surface area contributed by atoms with Gasteiger partial charge in [-0.15, -0.1) is 10.2 Å². The standard InChI is InChI=1S/C10H8N2O5S/c1-18(15,16)7-4-2-6(3-5-7)8-11-12-9(17-8)10(13)14/h2-5H,1H3,(H,13,14). The largest absolute Gasteiger partial charge is 0.474 e. The molecule has 2 rings (SSSR count). The summed E-state index contributed by atoms with van der Waals surface area (Å²) in [4.78, 5) is 10.7. The highest BCUT2D eigenvalue weighted by Gasteiger charge is 2.15. The van der Waals surface area contributed by atoms with Crippen LogP contribution in [0.2, 0.25) is 0 Å². The van der Waals surface area contributed by atoms with Crippen LogP contribution in [0.25, 0.3) is 11.5 Å². The molecule has 1 aromatic carbocycles. The van der Waals surface area contributed by atoms with Crippen LogP contribution < -0.4 is 0 Å². The topological polar surface area (TPSA) is 110 Å². The van der Waals surface area contributed by atoms with E-state index in [0.717, 1.165) is 6.26 Å². The van der Waals surface area contributed by atoms with Crippen molar-refractivity contribution >= 4 is 15.8 Å². The van der Waals surface area contributed by atoms with Gasteiger partial charge in [0.15, 0.2) is 9.84 Å². The molecular formula is C10H8N2O5S. The maximum absolute atomic E-state index is 11.2. The van der Waals surface area contributed by atoms with E-state index in [-0.39, 0.29) is 10.8 Å². The Labute approximate surface area is 102 Å². The van der Waals surface area contributed by atoms with Crippen molar-refractivity contribution in [1.82, 2.24) is 10.2 Å². The van der Waals surface area contributed by atoms with Gasteiger partial charge in [-0.05, 0) is 24.3 Å². The number of aromatic carboxylic acids is 1. The van der Waals surface area contributed by atoms with E-state index < -0.39 is 21.7 Å². The Morgan fingerprint density at radius 1 is 1.22 bits per heavy atom. The molecular weight excluding hydrogens is 260 g/mol. The number of carbonyl (C=O) groups is 1. The molecule has 0 unspecified atom stereocenters. The van der Waals surface area contributed by atoms with Crippen LogP contribution in [0.4, 0.5) is 0 Å². The lowest BCUT2D eigenvalue weighted by atomic mass is 10.2. The van der Waals surface area contributed by atoms with Gasteiger partial charge in [0.25, 0.3) is 0 Å². The molecule has 0 radical (unpaired) electrons. The molecule has 1 heterocycles. The first-order valence-electron chi connectivity index (χ1n) is 4.75. The number of carboxylic acids is 1. The lowest BCUT2D eigenvalue weighted by molar-refractivity contribution is 0.0654. The van der Waals surface area contributed by atoms with Crippen molar-refractivity contribution in [3.05, 3.63) is 30.2 Å². The predicted octanol–water partition coefficient (Wildman–Crippen LogP) is 0.838. The summed E-state index contributed by atoms with van der Waals surface area (Å²) in [6.45, 7) is 0. The molecule has 2 aromatic rings. The summed E-state index contributed by atoms with van der Waals surface area (Å²) in [7, 11) is -3.27. The molecule has 0 aliphatic heterocycles. The average molecular weight is 268 g/mol. The minimum atomic E-state index is -3.27. The number of hydrogen-bond donors (Lipinski definition) is 1. The van der Waals surface area contributed by atoms with E-state index in [1.165, 1.54) is 24.3 Å². The van der Waals surface area contributed by atoms with Gasteiger partial charge in [-0.2, -0.15) is 0 Å². The molecule has 0 saturated carbocycles. The molecule has 1 N–H and O–H groups in total. The predicted molar refractivity (Wildman–Crippen MR) is 59.8 cm³/mol. The highest BCUT2D eigenvalue weighted by Crippen LogP contribution is 2.20. The van der Waals surface area contributed by atoms with Gasteiger partial charge >= 0.3 is 11.9 Å². The van der Waals surface area contributed by atoms with E-state index in [4.69, 9.17) is 9.52 Å². The van der Waals surface area contributed by atoms with Crippen molar-refractivity contribution in [2.75, 3.05) is 6.26 Å². The zero-order valence-corrected chi connectivity index (χ0v) is 10.0. The summed E-state index contributed by atoms with van der Waals surface area (Å²) in [5.74, 6) is -1.81. The number of carboxylic acid groups (broad SMARTS) is 1. The number of sulfone groups is 1. The van der Waals surface area contributed by atoms with Crippen LogP contribution in [0.1, 0.15) is 10.7 Å². The number of aromatic nitrogens is 2. The Kier molecular flexibility index (Phi) is 2.87. The molecule has 0 aliphatic rings. The van der Waals surface area contributed by atoms with Gasteiger partial charge in [-0.25, -0.2) is 13.2 Å². The lowest BCUT2D eigenvalue weighted by Crippen LogP contribution is -1.96. The molecule has 0 bridgehead atoms. The molecule has 0 atom stereocenters. The van der Waals surface area contributed by atoms with Gasteiger partial charge in [0, 0.05) is 11.8 Å². The van der Waals surface area contributed by atoms with E-state index in [9.17, 15) is 13.2 Å². The maximum Gasteiger partial charge on any atom is 0.393 e. The van der Waals surface area contributed by atoms with E-state index in [0.29, 0.717) is 5.56 Å². The molecule has 0 saturated heterocycles. The number of rotatable bonds is 3. The van der Waals surface area contributed by atoms with Crippen LogP contribution in [0.15, 0.2) is 33.6 Å². The van der Waals surface area contributed by atoms with Gasteiger partial charge in [0.05, 0.1) is 4.90 Å². The lowest BCUT2D eigenvalue weighted by Gasteiger charge is -1.98. The van der Waals surface area contributed by atoms with E-state index in [1.807, 2.05) is 0 Å². The first-order valence-corrected chi connectivity index (χ1v) is 6.64. The molecule has 1 aromatic heterocycles. The van der Waals surface area contributed by atoms with Gasteiger partial charge in [0.1, 0.15) is 0 Å². The molecule has 8 heteroatoms. The Hall–Kier alpha value is -2.22. The fourth-order valence-corrected chi connectivity index (χ4v) is 1.90. The van der Waals surface area contributed by atoms with Crippen molar-refractivity contribution in [3.63, 3.8) is 0 Å². The first-order chi connectivity index (χ1) is 8.38. The SMILES string of the molecule is CS(=O)(=O)c1ccc(-c2nnc(C(=O)O)o2)cc1. The summed E-state index contributed by atoms with van der Waals surface area (Å²) < 4.78 is 27.4. The molecule has 94 valence electrons. The van der Waals surface area contributed by atoms with Crippen LogP contribution >= 0.6 is 0 Å². The minimum absolute atomic E-state index is 0.0208. The first kappa shape index (κ1) is 12.2. The summed E-state index contributed by atoms with van der Waals surface area (Å²) in [5.41, 5.74) is 0.447. The van der Waals surface area contributed by atoms with Crippen LogP contribution in [-0.2, 0) is 9.84 Å². The Bertz CT molecular complexity index is 687. The second-order valence-electron chi connectivity index (χ2n) is 3.51. The zero-order chi connectivity index (χ0) is 13.3. The number of hydrogen-bond acceptors (Lipinski definition) is 6. The fraction of sp³-hybridized carbons (Fsp3) is 0.100. The van der Waals surface area contributed by atoms with Crippen LogP contribution in [0.5, 0.6) is 0 Å². The van der Waals surface area contributed by atoms with Crippen LogP contribution in [0, 0.1) is 0 Å². The third-order valence-electron chi connectivity index (χ3n) is 2.14. The second kappa shape index (κ2) is 4.22. The third kappa shape index (κ3) is 2.38. The van der Waals surface area contributed by atoms with Crippen LogP contribution in [0.3, 0.4) is 0 Å². The smallest absolute Gasteiger partial charge is 0.393 e. The van der Waals surface area contributed by atoms with Gasteiger partial charge in [-0.1, -0.05) is 0 Å². The summed E-state index contributed by atoms with van der Waals surface area (Å²) in [6, 6.07) is 5.70. The maximum atomic E-state index is 11.2. The summed E-state index contributed by atoms with van der Waals surface area (Å²) in [5, 5.41) is 15.5. The van der Waals surface area contributed by atoms with E-state index >= 15 is 0 Å². The second-order valence-corrected chi connectivity index (χ2v) is 5.53. The molecule has 7 nitrogen and oxygen atoms in total. The highest BCUT2D eigenvalue weighted by atomic mass is 32.2. The van der Waals surface area contributed by atoms with Crippen molar-refractivity contribution in [2.45, 2.75) is 4.90 Å². The Morgan fingerprint density at radius 2 is 1.83 bits per heavy atom. The molecule has 0 fully saturated rings. The van der Waals surface area contributed by atoms with Crippen molar-refractivity contribution in [2.24, 2.45) is 0 Å². The number of nitrogens with zero attached hydrogens (tertiary/aromatic N) is 2. The van der Waals surface area contributed by atoms with E-state index in [1.54, 1.807) is 0 Å². The Balaban J connectivity index is 2.37. The van der Waals surface area contributed by atoms with Crippen molar-refractivity contribution < 1.29 is 22.7 Å². The van der Waals surface area contributed by atoms with Gasteiger partial charge < -0.3 is 9.52 Å². The third-order valence-corrected chi connectivity index (χ3v) is 3.27. The van der Waals surface area contributed by atoms with Crippen molar-refractivity contribution in [1.29, 1.82) is 0 Å². The molecule has 0 amide bonds. The summed E-state index contributed by atoms with van der Waals surface area (Å²) in [6.07, 6.45) is 1.09. The van der Waals surface area contributed by atoms with Gasteiger partial charge in [-0.3, -0.25) is 0 Å². The summed E-state index contributed by atoms with van der Waals surface area (Å²) >= 11 is 0.